The van der Waals surface area contributed by atoms with E-state index < -0.39 is 0 Å². The molecule has 106 valence electrons. The van der Waals surface area contributed by atoms with Crippen molar-refractivity contribution in [2.24, 2.45) is 0 Å². The van der Waals surface area contributed by atoms with Crippen molar-refractivity contribution in [3.8, 4) is 0 Å². The fourth-order valence-corrected chi connectivity index (χ4v) is 1.98. The van der Waals surface area contributed by atoms with Gasteiger partial charge >= 0.3 is 0 Å². The third-order valence-electron chi connectivity index (χ3n) is 3.14. The highest BCUT2D eigenvalue weighted by molar-refractivity contribution is 5.48. The number of aldehydes is 1. The van der Waals surface area contributed by atoms with Gasteiger partial charge in [0.1, 0.15) is 6.29 Å². The lowest BCUT2D eigenvalue weighted by atomic mass is 10.1. The predicted octanol–water partition coefficient (Wildman–Crippen LogP) is 4.42. The average Bonchev–Trinajstić information content (AvgIpc) is 2.39. The normalized spacial score (nSPS) is 11.2. The second-order valence-corrected chi connectivity index (χ2v) is 4.91. The van der Waals surface area contributed by atoms with Crippen molar-refractivity contribution in [3.05, 3.63) is 12.2 Å². The van der Waals surface area contributed by atoms with E-state index in [4.69, 9.17) is 5.11 Å². The maximum atomic E-state index is 10.1. The summed E-state index contributed by atoms with van der Waals surface area (Å²) in [5.41, 5.74) is 0. The van der Waals surface area contributed by atoms with Crippen LogP contribution in [-0.4, -0.2) is 18.0 Å². The van der Waals surface area contributed by atoms with Gasteiger partial charge in [0, 0.05) is 13.0 Å². The lowest BCUT2D eigenvalue weighted by molar-refractivity contribution is -0.107. The summed E-state index contributed by atoms with van der Waals surface area (Å²) in [6.07, 6.45) is 19.4. The van der Waals surface area contributed by atoms with E-state index >= 15 is 0 Å². The van der Waals surface area contributed by atoms with Crippen LogP contribution in [-0.2, 0) is 4.79 Å². The van der Waals surface area contributed by atoms with Crippen molar-refractivity contribution in [1.82, 2.24) is 0 Å². The van der Waals surface area contributed by atoms with Crippen LogP contribution in [0.1, 0.15) is 77.0 Å². The number of allylic oxidation sites excluding steroid dienone is 2. The van der Waals surface area contributed by atoms with E-state index in [9.17, 15) is 4.79 Å². The number of hydrogen-bond donors (Lipinski definition) is 1. The molecule has 0 aliphatic heterocycles. The zero-order valence-corrected chi connectivity index (χ0v) is 11.8. The van der Waals surface area contributed by atoms with Gasteiger partial charge in [-0.2, -0.15) is 0 Å². The van der Waals surface area contributed by atoms with Crippen LogP contribution in [0.5, 0.6) is 0 Å². The van der Waals surface area contributed by atoms with Crippen LogP contribution in [0.25, 0.3) is 0 Å². The van der Waals surface area contributed by atoms with E-state index in [2.05, 4.69) is 12.2 Å². The summed E-state index contributed by atoms with van der Waals surface area (Å²) in [5.74, 6) is 0. The Morgan fingerprint density at radius 3 is 1.56 bits per heavy atom. The van der Waals surface area contributed by atoms with Crippen molar-refractivity contribution in [1.29, 1.82) is 0 Å². The van der Waals surface area contributed by atoms with Gasteiger partial charge < -0.3 is 9.90 Å². The quantitative estimate of drug-likeness (QED) is 0.283. The van der Waals surface area contributed by atoms with Gasteiger partial charge in [0.15, 0.2) is 0 Å². The molecule has 0 saturated carbocycles. The number of unbranched alkanes of at least 4 members (excludes halogenated alkanes) is 10. The van der Waals surface area contributed by atoms with Crippen molar-refractivity contribution in [2.45, 2.75) is 77.0 Å². The van der Waals surface area contributed by atoms with Gasteiger partial charge in [0.05, 0.1) is 0 Å². The standard InChI is InChI=1S/C16H30O2/c17-15-13-11-9-7-5-3-1-2-4-6-8-10-12-14-16-18/h1-2,15,18H,3-14,16H2/b2-1+. The first-order chi connectivity index (χ1) is 8.91. The van der Waals surface area contributed by atoms with E-state index in [1.165, 1.54) is 57.8 Å². The van der Waals surface area contributed by atoms with E-state index in [-0.39, 0.29) is 0 Å². The summed E-state index contributed by atoms with van der Waals surface area (Å²) in [6.45, 7) is 0.340. The summed E-state index contributed by atoms with van der Waals surface area (Å²) < 4.78 is 0. The number of aliphatic hydroxyl groups excluding tert-OH is 1. The highest BCUT2D eigenvalue weighted by Gasteiger charge is 1.89. The van der Waals surface area contributed by atoms with Crippen LogP contribution in [0, 0.1) is 0 Å². The van der Waals surface area contributed by atoms with Crippen LogP contribution in [0.3, 0.4) is 0 Å². The highest BCUT2D eigenvalue weighted by Crippen LogP contribution is 2.07. The minimum absolute atomic E-state index is 0.340. The molecule has 0 spiro atoms. The number of aliphatic hydroxyl groups is 1. The second kappa shape index (κ2) is 16.4. The van der Waals surface area contributed by atoms with E-state index in [0.717, 1.165) is 25.5 Å². The summed E-state index contributed by atoms with van der Waals surface area (Å²) in [5, 5.41) is 8.63. The Balaban J connectivity index is 3.02. The molecule has 0 bridgehead atoms. The van der Waals surface area contributed by atoms with E-state index in [1.54, 1.807) is 0 Å². The molecule has 0 aliphatic carbocycles. The Morgan fingerprint density at radius 1 is 0.611 bits per heavy atom. The van der Waals surface area contributed by atoms with Crippen molar-refractivity contribution in [2.75, 3.05) is 6.61 Å². The Labute approximate surface area is 112 Å². The molecule has 0 amide bonds. The van der Waals surface area contributed by atoms with Crippen molar-refractivity contribution < 1.29 is 9.90 Å². The van der Waals surface area contributed by atoms with Gasteiger partial charge in [0.2, 0.25) is 0 Å². The molecule has 0 aromatic carbocycles. The molecule has 18 heavy (non-hydrogen) atoms. The monoisotopic (exact) mass is 254 g/mol. The maximum Gasteiger partial charge on any atom is 0.119 e. The lowest BCUT2D eigenvalue weighted by Crippen LogP contribution is -1.83. The fourth-order valence-electron chi connectivity index (χ4n) is 1.98. The average molecular weight is 254 g/mol. The van der Waals surface area contributed by atoms with Gasteiger partial charge in [-0.05, 0) is 38.5 Å². The molecule has 0 heterocycles. The van der Waals surface area contributed by atoms with Crippen LogP contribution in [0.15, 0.2) is 12.2 Å². The molecule has 2 nitrogen and oxygen atoms in total. The smallest absolute Gasteiger partial charge is 0.119 e. The first-order valence-corrected chi connectivity index (χ1v) is 7.61. The fraction of sp³-hybridized carbons (Fsp3) is 0.812. The van der Waals surface area contributed by atoms with Crippen molar-refractivity contribution in [3.63, 3.8) is 0 Å². The largest absolute Gasteiger partial charge is 0.396 e. The Morgan fingerprint density at radius 2 is 1.06 bits per heavy atom. The molecule has 1 N–H and O–H groups in total. The molecule has 0 aliphatic rings. The van der Waals surface area contributed by atoms with Crippen LogP contribution in [0.2, 0.25) is 0 Å². The minimum atomic E-state index is 0.340. The topological polar surface area (TPSA) is 37.3 Å². The predicted molar refractivity (Wildman–Crippen MR) is 77.7 cm³/mol. The van der Waals surface area contributed by atoms with Crippen LogP contribution < -0.4 is 0 Å². The Kier molecular flexibility index (Phi) is 15.8. The number of rotatable bonds is 14. The van der Waals surface area contributed by atoms with Crippen molar-refractivity contribution >= 4 is 6.29 Å². The molecule has 0 unspecified atom stereocenters. The third-order valence-corrected chi connectivity index (χ3v) is 3.14. The van der Waals surface area contributed by atoms with Gasteiger partial charge in [-0.25, -0.2) is 0 Å². The zero-order valence-electron chi connectivity index (χ0n) is 11.8. The summed E-state index contributed by atoms with van der Waals surface area (Å²) in [7, 11) is 0. The summed E-state index contributed by atoms with van der Waals surface area (Å²) >= 11 is 0. The maximum absolute atomic E-state index is 10.1. The Hall–Kier alpha value is -0.630. The van der Waals surface area contributed by atoms with Gasteiger partial charge in [-0.1, -0.05) is 44.3 Å². The molecule has 0 atom stereocenters. The number of hydrogen-bond acceptors (Lipinski definition) is 2. The molecule has 0 fully saturated rings. The first kappa shape index (κ1) is 17.4. The molecule has 2 heteroatoms. The number of carbonyl (C=O) groups excluding carboxylic acids is 1. The van der Waals surface area contributed by atoms with E-state index in [0.29, 0.717) is 6.61 Å². The summed E-state index contributed by atoms with van der Waals surface area (Å²) in [6, 6.07) is 0. The van der Waals surface area contributed by atoms with Gasteiger partial charge in [-0.15, -0.1) is 0 Å². The first-order valence-electron chi connectivity index (χ1n) is 7.61. The molecular weight excluding hydrogens is 224 g/mol. The molecule has 0 saturated heterocycles. The van der Waals surface area contributed by atoms with Crippen LogP contribution in [0.4, 0.5) is 0 Å². The molecule has 0 rings (SSSR count). The summed E-state index contributed by atoms with van der Waals surface area (Å²) in [4.78, 5) is 10.1. The molecule has 0 aromatic rings. The number of carbonyl (C=O) groups is 1. The van der Waals surface area contributed by atoms with Gasteiger partial charge in [-0.3, -0.25) is 0 Å². The third kappa shape index (κ3) is 15.4. The Bertz CT molecular complexity index is 188. The highest BCUT2D eigenvalue weighted by atomic mass is 16.2. The molecule has 0 radical (unpaired) electrons. The second-order valence-electron chi connectivity index (χ2n) is 4.91. The SMILES string of the molecule is O=CCCCCCC/C=C/CCCCCCCO. The minimum Gasteiger partial charge on any atom is -0.396 e. The molecular formula is C16H30O2. The zero-order chi connectivity index (χ0) is 13.3. The van der Waals surface area contributed by atoms with Gasteiger partial charge in [0.25, 0.3) is 0 Å². The molecule has 0 aromatic heterocycles. The van der Waals surface area contributed by atoms with Crippen LogP contribution >= 0.6 is 0 Å². The van der Waals surface area contributed by atoms with E-state index in [1.807, 2.05) is 0 Å². The lowest BCUT2D eigenvalue weighted by Gasteiger charge is -1.98.